The highest BCUT2D eigenvalue weighted by Gasteiger charge is 2.48. The van der Waals surface area contributed by atoms with Crippen LogP contribution in [0.3, 0.4) is 0 Å². The largest absolute Gasteiger partial charge is 0.388 e. The van der Waals surface area contributed by atoms with Crippen molar-refractivity contribution in [1.29, 1.82) is 0 Å². The predicted molar refractivity (Wildman–Crippen MR) is 166 cm³/mol. The summed E-state index contributed by atoms with van der Waals surface area (Å²) in [6.07, 6.45) is 15.2. The van der Waals surface area contributed by atoms with Gasteiger partial charge in [0.05, 0.1) is 13.2 Å². The number of unbranched alkanes of at least 4 members (excludes halogenated alkanes) is 13. The first-order valence-electron chi connectivity index (χ1n) is 16.7. The molecule has 0 saturated carbocycles. The van der Waals surface area contributed by atoms with Gasteiger partial charge in [-0.3, -0.25) is 0 Å². The fourth-order valence-electron chi connectivity index (χ4n) is 5.92. The van der Waals surface area contributed by atoms with Gasteiger partial charge in [-0.05, 0) is 6.42 Å². The van der Waals surface area contributed by atoms with E-state index in [0.717, 1.165) is 17.5 Å². The monoisotopic (exact) mass is 582 g/mol. The Kier molecular flexibility index (Phi) is 15.3. The molecule has 2 fully saturated rings. The van der Waals surface area contributed by atoms with Crippen LogP contribution in [0.25, 0.3) is 0 Å². The number of fused-ring (bicyclic) bond motifs is 1. The summed E-state index contributed by atoms with van der Waals surface area (Å²) in [4.78, 5) is 0. The van der Waals surface area contributed by atoms with Crippen molar-refractivity contribution in [1.82, 2.24) is 0 Å². The van der Waals surface area contributed by atoms with E-state index < -0.39 is 30.9 Å². The zero-order valence-corrected chi connectivity index (χ0v) is 25.7. The molecule has 2 aromatic rings. The molecule has 0 aromatic heterocycles. The van der Waals surface area contributed by atoms with E-state index in [4.69, 9.17) is 23.7 Å². The highest BCUT2D eigenvalue weighted by molar-refractivity contribution is 5.18. The van der Waals surface area contributed by atoms with Gasteiger partial charge in [-0.1, -0.05) is 151 Å². The molecule has 6 heteroatoms. The summed E-state index contributed by atoms with van der Waals surface area (Å²) in [6.45, 7) is 3.49. The van der Waals surface area contributed by atoms with Crippen molar-refractivity contribution in [2.75, 3.05) is 19.8 Å². The normalized spacial score (nSPS) is 24.8. The van der Waals surface area contributed by atoms with Gasteiger partial charge in [0.2, 0.25) is 0 Å². The molecule has 6 atom stereocenters. The van der Waals surface area contributed by atoms with Crippen LogP contribution in [0.1, 0.15) is 121 Å². The molecule has 2 aliphatic rings. The Hall–Kier alpha value is -1.80. The Labute approximate surface area is 254 Å². The number of hydrogen-bond donors (Lipinski definition) is 1. The number of aliphatic hydroxyl groups is 1. The van der Waals surface area contributed by atoms with E-state index in [1.165, 1.54) is 83.5 Å². The zero-order valence-electron chi connectivity index (χ0n) is 25.7. The van der Waals surface area contributed by atoms with Crippen LogP contribution in [0.4, 0.5) is 0 Å². The Morgan fingerprint density at radius 1 is 0.667 bits per heavy atom. The number of benzene rings is 2. The van der Waals surface area contributed by atoms with Crippen LogP contribution < -0.4 is 0 Å². The molecule has 1 N–H and O–H groups in total. The smallest absolute Gasteiger partial charge is 0.184 e. The summed E-state index contributed by atoms with van der Waals surface area (Å²) >= 11 is 0. The number of ether oxygens (including phenoxy) is 5. The van der Waals surface area contributed by atoms with Gasteiger partial charge in [0.25, 0.3) is 0 Å². The third-order valence-corrected chi connectivity index (χ3v) is 8.42. The number of rotatable bonds is 20. The quantitative estimate of drug-likeness (QED) is 0.158. The summed E-state index contributed by atoms with van der Waals surface area (Å²) in [5.74, 6) is 0. The van der Waals surface area contributed by atoms with E-state index in [0.29, 0.717) is 13.2 Å². The second-order valence-electron chi connectivity index (χ2n) is 11.9. The van der Waals surface area contributed by atoms with Crippen molar-refractivity contribution in [2.24, 2.45) is 0 Å². The molecule has 0 amide bonds. The summed E-state index contributed by atoms with van der Waals surface area (Å²) < 4.78 is 30.9. The molecule has 2 saturated heterocycles. The highest BCUT2D eigenvalue weighted by Crippen LogP contribution is 2.39. The van der Waals surface area contributed by atoms with Gasteiger partial charge < -0.3 is 28.8 Å². The molecule has 4 rings (SSSR count). The molecule has 2 aliphatic heterocycles. The molecule has 6 nitrogen and oxygen atoms in total. The van der Waals surface area contributed by atoms with Crippen molar-refractivity contribution < 1.29 is 28.8 Å². The standard InChI is InChI=1S/C36H54O6/c1-2-3-4-5-6-7-8-9-10-11-12-13-14-21-26-38-27-31(37)33-34-32(40-36(41-33)30-24-19-16-20-25-30)28-39-35(42-34)29-22-17-15-18-23-29/h15-20,22-25,31-37H,2-14,21,26-28H2,1H3. The van der Waals surface area contributed by atoms with Crippen LogP contribution in [0.15, 0.2) is 60.7 Å². The lowest BCUT2D eigenvalue weighted by molar-refractivity contribution is -0.373. The van der Waals surface area contributed by atoms with Gasteiger partial charge in [-0.2, -0.15) is 0 Å². The first-order chi connectivity index (χ1) is 20.8. The van der Waals surface area contributed by atoms with Crippen molar-refractivity contribution in [3.63, 3.8) is 0 Å². The van der Waals surface area contributed by atoms with Crippen molar-refractivity contribution in [3.8, 4) is 0 Å². The molecule has 2 heterocycles. The van der Waals surface area contributed by atoms with Crippen molar-refractivity contribution >= 4 is 0 Å². The Bertz CT molecular complexity index is 940. The summed E-state index contributed by atoms with van der Waals surface area (Å²) in [5.41, 5.74) is 1.84. The maximum atomic E-state index is 11.2. The van der Waals surface area contributed by atoms with E-state index in [-0.39, 0.29) is 12.7 Å². The molecule has 2 aromatic carbocycles. The van der Waals surface area contributed by atoms with Crippen molar-refractivity contribution in [2.45, 2.75) is 134 Å². The maximum absolute atomic E-state index is 11.2. The van der Waals surface area contributed by atoms with E-state index in [2.05, 4.69) is 6.92 Å². The second kappa shape index (κ2) is 19.5. The number of hydrogen-bond acceptors (Lipinski definition) is 6. The summed E-state index contributed by atoms with van der Waals surface area (Å²) in [5, 5.41) is 11.2. The van der Waals surface area contributed by atoms with Crippen LogP contribution in [0, 0.1) is 0 Å². The first-order valence-corrected chi connectivity index (χ1v) is 16.7. The Morgan fingerprint density at radius 3 is 1.76 bits per heavy atom. The SMILES string of the molecule is CCCCCCCCCCCCCCCCOCC(O)C1OC(c2ccccc2)OC2COC(c3ccccc3)OC21. The van der Waals surface area contributed by atoms with Gasteiger partial charge in [0, 0.05) is 17.7 Å². The predicted octanol–water partition coefficient (Wildman–Crippen LogP) is 8.44. The van der Waals surface area contributed by atoms with Crippen LogP contribution in [-0.4, -0.2) is 49.3 Å². The molecule has 0 spiro atoms. The molecule has 0 aliphatic carbocycles. The van der Waals surface area contributed by atoms with Gasteiger partial charge in [-0.25, -0.2) is 0 Å². The summed E-state index contributed by atoms with van der Waals surface area (Å²) in [6, 6.07) is 19.7. The third kappa shape index (κ3) is 11.0. The molecular weight excluding hydrogens is 528 g/mol. The average molecular weight is 583 g/mol. The highest BCUT2D eigenvalue weighted by atomic mass is 16.8. The Balaban J connectivity index is 1.14. The molecule has 6 unspecified atom stereocenters. The average Bonchev–Trinajstić information content (AvgIpc) is 3.04. The second-order valence-corrected chi connectivity index (χ2v) is 11.9. The van der Waals surface area contributed by atoms with Crippen LogP contribution in [-0.2, 0) is 23.7 Å². The summed E-state index contributed by atoms with van der Waals surface area (Å²) in [7, 11) is 0. The van der Waals surface area contributed by atoms with Crippen molar-refractivity contribution in [3.05, 3.63) is 71.8 Å². The minimum absolute atomic E-state index is 0.202. The minimum atomic E-state index is -0.839. The van der Waals surface area contributed by atoms with Gasteiger partial charge in [0.1, 0.15) is 24.4 Å². The zero-order chi connectivity index (χ0) is 29.2. The maximum Gasteiger partial charge on any atom is 0.184 e. The van der Waals surface area contributed by atoms with Crippen LogP contribution >= 0.6 is 0 Å². The lowest BCUT2D eigenvalue weighted by Gasteiger charge is -2.47. The molecule has 0 radical (unpaired) electrons. The fraction of sp³-hybridized carbons (Fsp3) is 0.667. The van der Waals surface area contributed by atoms with Gasteiger partial charge >= 0.3 is 0 Å². The molecular formula is C36H54O6. The lowest BCUT2D eigenvalue weighted by atomic mass is 9.99. The molecule has 42 heavy (non-hydrogen) atoms. The van der Waals surface area contributed by atoms with E-state index in [1.807, 2.05) is 60.7 Å². The molecule has 234 valence electrons. The van der Waals surface area contributed by atoms with E-state index in [9.17, 15) is 5.11 Å². The topological polar surface area (TPSA) is 66.4 Å². The Morgan fingerprint density at radius 2 is 1.19 bits per heavy atom. The van der Waals surface area contributed by atoms with E-state index in [1.54, 1.807) is 0 Å². The fourth-order valence-corrected chi connectivity index (χ4v) is 5.92. The van der Waals surface area contributed by atoms with Crippen LogP contribution in [0.5, 0.6) is 0 Å². The van der Waals surface area contributed by atoms with Gasteiger partial charge in [0.15, 0.2) is 12.6 Å². The first kappa shape index (κ1) is 33.1. The minimum Gasteiger partial charge on any atom is -0.388 e. The lowest BCUT2D eigenvalue weighted by Crippen LogP contribution is -2.58. The molecule has 0 bridgehead atoms. The van der Waals surface area contributed by atoms with Gasteiger partial charge in [-0.15, -0.1) is 0 Å². The van der Waals surface area contributed by atoms with E-state index >= 15 is 0 Å². The van der Waals surface area contributed by atoms with Crippen LogP contribution in [0.2, 0.25) is 0 Å². The third-order valence-electron chi connectivity index (χ3n) is 8.42. The number of aliphatic hydroxyl groups excluding tert-OH is 1.